The highest BCUT2D eigenvalue weighted by molar-refractivity contribution is 5.81. The molecule has 2 aliphatic rings. The number of rotatable bonds is 4. The van der Waals surface area contributed by atoms with Crippen LogP contribution in [0.25, 0.3) is 0 Å². The molecule has 0 aromatic carbocycles. The normalized spacial score (nSPS) is 33.3. The number of hydrogen-bond acceptors (Lipinski definition) is 3. The quantitative estimate of drug-likeness (QED) is 0.801. The van der Waals surface area contributed by atoms with Gasteiger partial charge in [0.15, 0.2) is 0 Å². The predicted molar refractivity (Wildman–Crippen MR) is 66.5 cm³/mol. The van der Waals surface area contributed by atoms with Crippen LogP contribution in [0.2, 0.25) is 0 Å². The van der Waals surface area contributed by atoms with Crippen molar-refractivity contribution in [1.29, 1.82) is 0 Å². The van der Waals surface area contributed by atoms with E-state index in [1.807, 2.05) is 4.90 Å². The van der Waals surface area contributed by atoms with Crippen LogP contribution in [0.15, 0.2) is 0 Å². The third-order valence-corrected chi connectivity index (χ3v) is 3.94. The van der Waals surface area contributed by atoms with E-state index in [0.29, 0.717) is 12.5 Å². The highest BCUT2D eigenvalue weighted by atomic mass is 16.5. The van der Waals surface area contributed by atoms with E-state index in [1.165, 1.54) is 12.8 Å². The molecule has 0 aliphatic carbocycles. The lowest BCUT2D eigenvalue weighted by Crippen LogP contribution is -2.38. The van der Waals surface area contributed by atoms with Crippen LogP contribution in [0.5, 0.6) is 0 Å². The Morgan fingerprint density at radius 2 is 2.24 bits per heavy atom. The van der Waals surface area contributed by atoms with Crippen molar-refractivity contribution in [3.05, 3.63) is 0 Å². The van der Waals surface area contributed by atoms with Gasteiger partial charge in [0, 0.05) is 19.6 Å². The number of ether oxygens (including phenoxy) is 1. The maximum absolute atomic E-state index is 12.2. The van der Waals surface area contributed by atoms with E-state index in [2.05, 4.69) is 6.92 Å². The van der Waals surface area contributed by atoms with Gasteiger partial charge in [-0.05, 0) is 31.6 Å². The molecule has 17 heavy (non-hydrogen) atoms. The van der Waals surface area contributed by atoms with Crippen molar-refractivity contribution in [3.63, 3.8) is 0 Å². The standard InChI is InChI=1S/C13H24N2O2/c1-2-3-10-6-7-15(9-10)13(16)12-5-4-11(8-14)17-12/h10-12H,2-9,14H2,1H3. The molecule has 2 N–H and O–H groups in total. The van der Waals surface area contributed by atoms with Crippen LogP contribution in [0.4, 0.5) is 0 Å². The predicted octanol–water partition coefficient (Wildman–Crippen LogP) is 1.14. The van der Waals surface area contributed by atoms with Crippen molar-refractivity contribution in [1.82, 2.24) is 4.90 Å². The Bertz CT molecular complexity index is 270. The molecule has 2 rings (SSSR count). The summed E-state index contributed by atoms with van der Waals surface area (Å²) in [6.45, 7) is 4.58. The zero-order chi connectivity index (χ0) is 12.3. The van der Waals surface area contributed by atoms with E-state index in [-0.39, 0.29) is 18.1 Å². The van der Waals surface area contributed by atoms with Crippen LogP contribution in [-0.2, 0) is 9.53 Å². The van der Waals surface area contributed by atoms with Crippen LogP contribution < -0.4 is 5.73 Å². The molecule has 0 bridgehead atoms. The van der Waals surface area contributed by atoms with Gasteiger partial charge in [0.2, 0.25) is 0 Å². The SMILES string of the molecule is CCCC1CCN(C(=O)C2CCC(CN)O2)C1. The molecule has 3 atom stereocenters. The number of carbonyl (C=O) groups excluding carboxylic acids is 1. The van der Waals surface area contributed by atoms with Crippen molar-refractivity contribution >= 4 is 5.91 Å². The van der Waals surface area contributed by atoms with Gasteiger partial charge in [-0.15, -0.1) is 0 Å². The molecule has 0 aromatic rings. The van der Waals surface area contributed by atoms with Crippen LogP contribution in [0.1, 0.15) is 39.0 Å². The summed E-state index contributed by atoms with van der Waals surface area (Å²) >= 11 is 0. The summed E-state index contributed by atoms with van der Waals surface area (Å²) < 4.78 is 5.66. The molecule has 98 valence electrons. The molecule has 0 spiro atoms. The van der Waals surface area contributed by atoms with E-state index < -0.39 is 0 Å². The van der Waals surface area contributed by atoms with Crippen molar-refractivity contribution in [2.75, 3.05) is 19.6 Å². The Morgan fingerprint density at radius 3 is 2.88 bits per heavy atom. The summed E-state index contributed by atoms with van der Waals surface area (Å²) in [6.07, 6.45) is 5.26. The lowest BCUT2D eigenvalue weighted by Gasteiger charge is -2.20. The van der Waals surface area contributed by atoms with Gasteiger partial charge in [-0.2, -0.15) is 0 Å². The number of likely N-dealkylation sites (tertiary alicyclic amines) is 1. The number of hydrogen-bond donors (Lipinski definition) is 1. The van der Waals surface area contributed by atoms with Crippen molar-refractivity contribution < 1.29 is 9.53 Å². The first-order chi connectivity index (χ1) is 8.24. The van der Waals surface area contributed by atoms with Crippen molar-refractivity contribution in [2.45, 2.75) is 51.2 Å². The van der Waals surface area contributed by atoms with Crippen LogP contribution in [0, 0.1) is 5.92 Å². The molecule has 4 nitrogen and oxygen atoms in total. The summed E-state index contributed by atoms with van der Waals surface area (Å²) in [5, 5.41) is 0. The number of amides is 1. The fourth-order valence-electron chi connectivity index (χ4n) is 2.94. The number of nitrogens with two attached hydrogens (primary N) is 1. The van der Waals surface area contributed by atoms with Gasteiger partial charge in [0.05, 0.1) is 6.10 Å². The number of carbonyl (C=O) groups is 1. The minimum atomic E-state index is -0.219. The van der Waals surface area contributed by atoms with E-state index >= 15 is 0 Å². The van der Waals surface area contributed by atoms with Gasteiger partial charge < -0.3 is 15.4 Å². The fraction of sp³-hybridized carbons (Fsp3) is 0.923. The Morgan fingerprint density at radius 1 is 1.41 bits per heavy atom. The van der Waals surface area contributed by atoms with Gasteiger partial charge in [0.1, 0.15) is 6.10 Å². The molecular formula is C13H24N2O2. The number of nitrogens with zero attached hydrogens (tertiary/aromatic N) is 1. The maximum atomic E-state index is 12.2. The Kier molecular flexibility index (Phi) is 4.40. The topological polar surface area (TPSA) is 55.6 Å². The average molecular weight is 240 g/mol. The Balaban J connectivity index is 1.81. The second kappa shape index (κ2) is 5.83. The summed E-state index contributed by atoms with van der Waals surface area (Å²) in [4.78, 5) is 14.2. The highest BCUT2D eigenvalue weighted by Gasteiger charge is 2.35. The Labute approximate surface area is 103 Å². The average Bonchev–Trinajstić information content (AvgIpc) is 2.97. The minimum Gasteiger partial charge on any atom is -0.364 e. The van der Waals surface area contributed by atoms with Crippen molar-refractivity contribution in [2.24, 2.45) is 11.7 Å². The first kappa shape index (κ1) is 12.8. The van der Waals surface area contributed by atoms with Crippen molar-refractivity contribution in [3.8, 4) is 0 Å². The highest BCUT2D eigenvalue weighted by Crippen LogP contribution is 2.25. The van der Waals surface area contributed by atoms with Crippen LogP contribution >= 0.6 is 0 Å². The molecule has 0 aromatic heterocycles. The molecule has 0 radical (unpaired) electrons. The van der Waals surface area contributed by atoms with E-state index in [1.54, 1.807) is 0 Å². The molecule has 4 heteroatoms. The Hall–Kier alpha value is -0.610. The summed E-state index contributed by atoms with van der Waals surface area (Å²) in [5.41, 5.74) is 5.56. The molecule has 2 heterocycles. The minimum absolute atomic E-state index is 0.0954. The first-order valence-corrected chi connectivity index (χ1v) is 6.89. The summed E-state index contributed by atoms with van der Waals surface area (Å²) in [5.74, 6) is 0.898. The summed E-state index contributed by atoms with van der Waals surface area (Å²) in [6, 6.07) is 0. The van der Waals surface area contributed by atoms with Crippen LogP contribution in [0.3, 0.4) is 0 Å². The molecule has 2 fully saturated rings. The lowest BCUT2D eigenvalue weighted by atomic mass is 10.0. The third kappa shape index (κ3) is 2.99. The van der Waals surface area contributed by atoms with Crippen LogP contribution in [-0.4, -0.2) is 42.6 Å². The molecular weight excluding hydrogens is 216 g/mol. The van der Waals surface area contributed by atoms with E-state index in [4.69, 9.17) is 10.5 Å². The maximum Gasteiger partial charge on any atom is 0.251 e. The third-order valence-electron chi connectivity index (χ3n) is 3.94. The van der Waals surface area contributed by atoms with E-state index in [9.17, 15) is 4.79 Å². The first-order valence-electron chi connectivity index (χ1n) is 6.89. The van der Waals surface area contributed by atoms with Gasteiger partial charge in [-0.25, -0.2) is 0 Å². The fourth-order valence-corrected chi connectivity index (χ4v) is 2.94. The molecule has 0 saturated carbocycles. The smallest absolute Gasteiger partial charge is 0.251 e. The second-order valence-corrected chi connectivity index (χ2v) is 5.29. The van der Waals surface area contributed by atoms with E-state index in [0.717, 1.165) is 32.4 Å². The van der Waals surface area contributed by atoms with Gasteiger partial charge in [0.25, 0.3) is 5.91 Å². The second-order valence-electron chi connectivity index (χ2n) is 5.29. The molecule has 2 saturated heterocycles. The summed E-state index contributed by atoms with van der Waals surface area (Å²) in [7, 11) is 0. The lowest BCUT2D eigenvalue weighted by molar-refractivity contribution is -0.141. The zero-order valence-corrected chi connectivity index (χ0v) is 10.7. The monoisotopic (exact) mass is 240 g/mol. The van der Waals surface area contributed by atoms with Gasteiger partial charge >= 0.3 is 0 Å². The molecule has 1 amide bonds. The largest absolute Gasteiger partial charge is 0.364 e. The molecule has 2 aliphatic heterocycles. The van der Waals surface area contributed by atoms with Gasteiger partial charge in [-0.1, -0.05) is 13.3 Å². The van der Waals surface area contributed by atoms with Gasteiger partial charge in [-0.3, -0.25) is 4.79 Å². The molecule has 3 unspecified atom stereocenters. The zero-order valence-electron chi connectivity index (χ0n) is 10.7.